The van der Waals surface area contributed by atoms with Gasteiger partial charge in [0.1, 0.15) is 35.4 Å². The van der Waals surface area contributed by atoms with Gasteiger partial charge in [-0.3, -0.25) is 14.5 Å². The quantitative estimate of drug-likeness (QED) is 0.0835. The molecular weight excluding hydrogens is 560 g/mol. The summed E-state index contributed by atoms with van der Waals surface area (Å²) in [5.74, 6) is -2.85. The zero-order valence-corrected chi connectivity index (χ0v) is 21.7. The lowest BCUT2D eigenvalue weighted by Crippen LogP contribution is -2.71. The molecule has 1 aromatic carbocycles. The van der Waals surface area contributed by atoms with Crippen molar-refractivity contribution < 1.29 is 39.0 Å². The number of amides is 2. The molecule has 3 aromatic rings. The molecule has 2 aliphatic heterocycles. The maximum Gasteiger partial charge on any atom is 0.352 e. The Morgan fingerprint density at radius 3 is 2.79 bits per heavy atom. The van der Waals surface area contributed by atoms with Crippen molar-refractivity contribution in [1.82, 2.24) is 20.2 Å². The Hall–Kier alpha value is -3.96. The number of carbonyl (C=O) groups excluding carboxylic acids is 2. The number of fused-ring (bicyclic) bond motifs is 2. The number of oxime groups is 1. The fourth-order valence-corrected chi connectivity index (χ4v) is 6.71. The maximum absolute atomic E-state index is 13.0. The van der Waals surface area contributed by atoms with Gasteiger partial charge in [0.2, 0.25) is 0 Å². The summed E-state index contributed by atoms with van der Waals surface area (Å²) < 4.78 is 5.56. The Morgan fingerprint density at radius 1 is 1.34 bits per heavy atom. The van der Waals surface area contributed by atoms with Gasteiger partial charge in [-0.25, -0.2) is 14.8 Å². The lowest BCUT2D eigenvalue weighted by Gasteiger charge is -2.49. The number of anilines is 1. The first-order valence-corrected chi connectivity index (χ1v) is 13.6. The molecule has 5 rings (SSSR count). The minimum Gasteiger partial charge on any atom is -0.504 e. The van der Waals surface area contributed by atoms with Crippen molar-refractivity contribution in [3.05, 3.63) is 34.5 Å². The van der Waals surface area contributed by atoms with Crippen molar-refractivity contribution in [2.24, 2.45) is 5.16 Å². The number of rotatable bonds is 8. The van der Waals surface area contributed by atoms with Crippen LogP contribution < -0.4 is 11.1 Å². The zero-order valence-electron chi connectivity index (χ0n) is 19.3. The summed E-state index contributed by atoms with van der Waals surface area (Å²) in [4.78, 5) is 52.1. The largest absolute Gasteiger partial charge is 0.504 e. The predicted octanol–water partition coefficient (Wildman–Crippen LogP) is 1.16. The van der Waals surface area contributed by atoms with Crippen LogP contribution in [0.4, 0.5) is 5.13 Å². The number of aliphatic carboxylic acids is 1. The number of hydrogen-bond acceptors (Lipinski definition) is 14. The lowest BCUT2D eigenvalue weighted by atomic mass is 10.0. The Bertz CT molecular complexity index is 1490. The number of aromatic hydroxyl groups is 2. The normalized spacial score (nSPS) is 19.3. The van der Waals surface area contributed by atoms with Crippen LogP contribution >= 0.6 is 34.9 Å². The first-order valence-electron chi connectivity index (χ1n) is 10.7. The molecule has 2 aliphatic rings. The molecule has 2 atom stereocenters. The summed E-state index contributed by atoms with van der Waals surface area (Å²) in [6, 6.07) is 1.50. The topological polar surface area (TPSA) is 214 Å². The molecule has 1 fully saturated rings. The van der Waals surface area contributed by atoms with Gasteiger partial charge in [-0.2, -0.15) is 0 Å². The standard InChI is InChI=1S/C21H18N6O8S3/c1-34-26-13(9-6-37-20(22)23-9)16(30)25-14-17(31)27-15(19(32)33)7(4-36-18(14)27)5-38-21-24-8-2-10(28)11(29)3-12(8)35-21/h2-3,6,14,18,28-29H,4-5H2,1H3,(H2,22,23)(H,25,30)(H,32,33)/b26-13-/t14-,18-/m1/s1. The molecule has 0 radical (unpaired) electrons. The van der Waals surface area contributed by atoms with Crippen molar-refractivity contribution in [3.8, 4) is 11.5 Å². The van der Waals surface area contributed by atoms with Crippen LogP contribution in [0.3, 0.4) is 0 Å². The number of β-lactam (4-membered cyclic amide) rings is 1. The van der Waals surface area contributed by atoms with Gasteiger partial charge in [0.25, 0.3) is 17.0 Å². The van der Waals surface area contributed by atoms with Crippen LogP contribution in [0.5, 0.6) is 11.5 Å². The number of thiazole rings is 1. The number of phenolic OH excluding ortho intramolecular Hbond substituents is 2. The number of nitrogens with two attached hydrogens (primary N) is 1. The minimum absolute atomic E-state index is 0.156. The summed E-state index contributed by atoms with van der Waals surface area (Å²) >= 11 is 3.51. The number of oxazole rings is 1. The highest BCUT2D eigenvalue weighted by Crippen LogP contribution is 2.42. The number of carboxylic acid groups (broad SMARTS) is 1. The Morgan fingerprint density at radius 2 is 2.11 bits per heavy atom. The highest BCUT2D eigenvalue weighted by atomic mass is 32.2. The van der Waals surface area contributed by atoms with E-state index in [-0.39, 0.29) is 56.0 Å². The van der Waals surface area contributed by atoms with Crippen molar-refractivity contribution in [3.63, 3.8) is 0 Å². The number of phenols is 2. The highest BCUT2D eigenvalue weighted by Gasteiger charge is 2.54. The third-order valence-corrected chi connectivity index (χ3v) is 8.46. The summed E-state index contributed by atoms with van der Waals surface area (Å²) in [7, 11) is 1.26. The number of aromatic nitrogens is 2. The Labute approximate surface area is 225 Å². The first-order chi connectivity index (χ1) is 18.2. The van der Waals surface area contributed by atoms with Crippen LogP contribution in [0.25, 0.3) is 11.1 Å². The first kappa shape index (κ1) is 25.7. The second kappa shape index (κ2) is 10.1. The van der Waals surface area contributed by atoms with Gasteiger partial charge < -0.3 is 35.6 Å². The van der Waals surface area contributed by atoms with E-state index in [9.17, 15) is 29.7 Å². The minimum atomic E-state index is -1.28. The molecule has 1 saturated heterocycles. The van der Waals surface area contributed by atoms with Crippen LogP contribution in [-0.4, -0.2) is 83.7 Å². The number of carbonyl (C=O) groups is 3. The molecule has 38 heavy (non-hydrogen) atoms. The van der Waals surface area contributed by atoms with E-state index in [1.165, 1.54) is 36.4 Å². The van der Waals surface area contributed by atoms with Crippen molar-refractivity contribution in [2.75, 3.05) is 24.3 Å². The van der Waals surface area contributed by atoms with E-state index < -0.39 is 29.2 Å². The van der Waals surface area contributed by atoms with Crippen LogP contribution in [0.1, 0.15) is 5.69 Å². The van der Waals surface area contributed by atoms with Crippen molar-refractivity contribution >= 4 is 74.6 Å². The van der Waals surface area contributed by atoms with Crippen LogP contribution in [0, 0.1) is 0 Å². The van der Waals surface area contributed by atoms with E-state index >= 15 is 0 Å². The van der Waals surface area contributed by atoms with E-state index in [0.717, 1.165) is 28.0 Å². The van der Waals surface area contributed by atoms with Gasteiger partial charge in [-0.05, 0) is 5.57 Å². The van der Waals surface area contributed by atoms with E-state index in [0.29, 0.717) is 11.1 Å². The number of nitrogens with one attached hydrogen (secondary N) is 1. The number of nitrogen functional groups attached to an aromatic ring is 1. The van der Waals surface area contributed by atoms with Crippen molar-refractivity contribution in [2.45, 2.75) is 16.6 Å². The molecular formula is C21H18N6O8S3. The summed E-state index contributed by atoms with van der Waals surface area (Å²) in [6.45, 7) is 0. The molecule has 4 heterocycles. The van der Waals surface area contributed by atoms with Crippen LogP contribution in [0.2, 0.25) is 0 Å². The van der Waals surface area contributed by atoms with Crippen LogP contribution in [-0.2, 0) is 19.2 Å². The molecule has 14 nitrogen and oxygen atoms in total. The third-order valence-electron chi connectivity index (χ3n) is 5.53. The average Bonchev–Trinajstić information content (AvgIpc) is 3.49. The number of carboxylic acids is 1. The molecule has 0 spiro atoms. The molecule has 198 valence electrons. The molecule has 2 amide bonds. The Balaban J connectivity index is 1.31. The van der Waals surface area contributed by atoms with Gasteiger partial charge in [0, 0.05) is 29.0 Å². The number of nitrogens with zero attached hydrogens (tertiary/aromatic N) is 4. The van der Waals surface area contributed by atoms with Gasteiger partial charge in [0.15, 0.2) is 27.9 Å². The molecule has 6 N–H and O–H groups in total. The van der Waals surface area contributed by atoms with E-state index in [1.54, 1.807) is 0 Å². The highest BCUT2D eigenvalue weighted by molar-refractivity contribution is 8.01. The second-order valence-corrected chi connectivity index (χ2v) is 10.8. The number of thioether (sulfide) groups is 2. The predicted molar refractivity (Wildman–Crippen MR) is 138 cm³/mol. The van der Waals surface area contributed by atoms with Crippen molar-refractivity contribution in [1.29, 1.82) is 0 Å². The molecule has 2 aromatic heterocycles. The molecule has 0 aliphatic carbocycles. The van der Waals surface area contributed by atoms with E-state index in [4.69, 9.17) is 15.0 Å². The monoisotopic (exact) mass is 578 g/mol. The lowest BCUT2D eigenvalue weighted by molar-refractivity contribution is -0.150. The molecule has 0 unspecified atom stereocenters. The molecule has 0 saturated carbocycles. The fraction of sp³-hybridized carbons (Fsp3) is 0.238. The van der Waals surface area contributed by atoms with Gasteiger partial charge in [-0.1, -0.05) is 16.9 Å². The third kappa shape index (κ3) is 4.59. The second-order valence-electron chi connectivity index (χ2n) is 7.89. The fourth-order valence-electron chi connectivity index (χ4n) is 3.84. The summed E-state index contributed by atoms with van der Waals surface area (Å²) in [5.41, 5.74) is 6.52. The number of hydrogen-bond donors (Lipinski definition) is 5. The van der Waals surface area contributed by atoms with Crippen LogP contribution in [0.15, 0.2) is 43.6 Å². The average molecular weight is 579 g/mol. The molecule has 17 heteroatoms. The van der Waals surface area contributed by atoms with Gasteiger partial charge >= 0.3 is 5.97 Å². The van der Waals surface area contributed by atoms with E-state index in [2.05, 4.69) is 20.4 Å². The summed E-state index contributed by atoms with van der Waals surface area (Å²) in [5, 5.41) is 36.7. The van der Waals surface area contributed by atoms with E-state index in [1.807, 2.05) is 0 Å². The zero-order chi connectivity index (χ0) is 27.1. The SMILES string of the molecule is CO/N=C(\C(=O)N[C@@H]1C(=O)N2C(C(=O)O)=C(CSc3nc4cc(O)c(O)cc4o3)CS[C@H]12)c1csc(N)n1. The number of benzene rings is 1. The Kier molecular flexibility index (Phi) is 6.80. The summed E-state index contributed by atoms with van der Waals surface area (Å²) in [6.07, 6.45) is 0. The van der Waals surface area contributed by atoms with Gasteiger partial charge in [-0.15, -0.1) is 23.1 Å². The van der Waals surface area contributed by atoms with Gasteiger partial charge in [0.05, 0.1) is 0 Å². The smallest absolute Gasteiger partial charge is 0.352 e. The maximum atomic E-state index is 13.0. The molecule has 0 bridgehead atoms.